The van der Waals surface area contributed by atoms with Gasteiger partial charge in [0.15, 0.2) is 0 Å². The van der Waals surface area contributed by atoms with E-state index in [0.29, 0.717) is 6.54 Å². The zero-order valence-corrected chi connectivity index (χ0v) is 10.4. The highest BCUT2D eigenvalue weighted by atomic mass is 35.5. The highest BCUT2D eigenvalue weighted by molar-refractivity contribution is 5.86. The van der Waals surface area contributed by atoms with Crippen molar-refractivity contribution in [3.05, 3.63) is 0 Å². The molecule has 1 amide bonds. The predicted octanol–water partition coefficient (Wildman–Crippen LogP) is 0.975. The van der Waals surface area contributed by atoms with Crippen LogP contribution < -0.4 is 11.1 Å². The van der Waals surface area contributed by atoms with Crippen molar-refractivity contribution in [2.24, 2.45) is 5.73 Å². The van der Waals surface area contributed by atoms with Gasteiger partial charge in [-0.1, -0.05) is 12.8 Å². The summed E-state index contributed by atoms with van der Waals surface area (Å²) < 4.78 is 5.44. The van der Waals surface area contributed by atoms with Crippen molar-refractivity contribution >= 4 is 18.3 Å². The molecule has 1 saturated heterocycles. The fourth-order valence-electron chi connectivity index (χ4n) is 2.42. The third-order valence-electron chi connectivity index (χ3n) is 3.46. The minimum atomic E-state index is -0.599. The van der Waals surface area contributed by atoms with Gasteiger partial charge in [0, 0.05) is 13.2 Å². The van der Waals surface area contributed by atoms with E-state index >= 15 is 0 Å². The molecule has 0 spiro atoms. The van der Waals surface area contributed by atoms with E-state index < -0.39 is 5.54 Å². The number of carbonyl (C=O) groups excluding carboxylic acids is 1. The van der Waals surface area contributed by atoms with E-state index in [9.17, 15) is 4.79 Å². The van der Waals surface area contributed by atoms with Gasteiger partial charge in [-0.2, -0.15) is 0 Å². The largest absolute Gasteiger partial charge is 0.376 e. The summed E-state index contributed by atoms with van der Waals surface area (Å²) in [6.45, 7) is 1.45. The quantitative estimate of drug-likeness (QED) is 0.783. The molecule has 1 saturated carbocycles. The fraction of sp³-hybridized carbons (Fsp3) is 0.909. The molecular formula is C11H21ClN2O2. The van der Waals surface area contributed by atoms with Gasteiger partial charge in [-0.15, -0.1) is 12.4 Å². The van der Waals surface area contributed by atoms with E-state index in [1.54, 1.807) is 0 Å². The van der Waals surface area contributed by atoms with Crippen LogP contribution in [0.25, 0.3) is 0 Å². The maximum absolute atomic E-state index is 11.8. The van der Waals surface area contributed by atoms with Crippen LogP contribution in [-0.4, -0.2) is 30.7 Å². The molecule has 3 N–H and O–H groups in total. The van der Waals surface area contributed by atoms with Crippen molar-refractivity contribution in [2.75, 3.05) is 13.2 Å². The lowest BCUT2D eigenvalue weighted by Crippen LogP contribution is -2.53. The first-order chi connectivity index (χ1) is 7.21. The van der Waals surface area contributed by atoms with Crippen molar-refractivity contribution < 1.29 is 9.53 Å². The van der Waals surface area contributed by atoms with E-state index in [1.165, 1.54) is 0 Å². The average Bonchev–Trinajstić information content (AvgIpc) is 2.85. The summed E-state index contributed by atoms with van der Waals surface area (Å²) >= 11 is 0. The maximum atomic E-state index is 11.8. The van der Waals surface area contributed by atoms with Crippen LogP contribution in [0.15, 0.2) is 0 Å². The molecule has 1 heterocycles. The topological polar surface area (TPSA) is 64.4 Å². The van der Waals surface area contributed by atoms with Gasteiger partial charge in [0.2, 0.25) is 5.91 Å². The Morgan fingerprint density at radius 1 is 1.38 bits per heavy atom. The number of nitrogens with two attached hydrogens (primary N) is 1. The van der Waals surface area contributed by atoms with Gasteiger partial charge in [0.05, 0.1) is 11.6 Å². The van der Waals surface area contributed by atoms with E-state index in [1.807, 2.05) is 0 Å². The van der Waals surface area contributed by atoms with Crippen LogP contribution >= 0.6 is 12.4 Å². The van der Waals surface area contributed by atoms with Crippen LogP contribution in [-0.2, 0) is 9.53 Å². The smallest absolute Gasteiger partial charge is 0.240 e. The lowest BCUT2D eigenvalue weighted by Gasteiger charge is -2.23. The number of nitrogens with one attached hydrogen (secondary N) is 1. The Hall–Kier alpha value is -0.320. The number of carbonyl (C=O) groups is 1. The molecule has 1 aliphatic heterocycles. The second-order valence-electron chi connectivity index (χ2n) is 4.71. The normalized spacial score (nSPS) is 27.4. The van der Waals surface area contributed by atoms with Gasteiger partial charge in [-0.05, 0) is 25.7 Å². The molecule has 0 radical (unpaired) electrons. The van der Waals surface area contributed by atoms with Gasteiger partial charge in [0.25, 0.3) is 0 Å². The summed E-state index contributed by atoms with van der Waals surface area (Å²) in [6, 6.07) is 0. The first kappa shape index (κ1) is 13.7. The average molecular weight is 249 g/mol. The molecule has 94 valence electrons. The van der Waals surface area contributed by atoms with E-state index in [4.69, 9.17) is 10.5 Å². The molecule has 16 heavy (non-hydrogen) atoms. The van der Waals surface area contributed by atoms with Crippen molar-refractivity contribution in [1.82, 2.24) is 5.32 Å². The van der Waals surface area contributed by atoms with Gasteiger partial charge in [-0.25, -0.2) is 0 Å². The Balaban J connectivity index is 0.00000128. The number of hydrogen-bond acceptors (Lipinski definition) is 3. The summed E-state index contributed by atoms with van der Waals surface area (Å²) in [7, 11) is 0. The monoisotopic (exact) mass is 248 g/mol. The van der Waals surface area contributed by atoms with Gasteiger partial charge in [-0.3, -0.25) is 4.79 Å². The first-order valence-corrected chi connectivity index (χ1v) is 5.89. The number of hydrogen-bond donors (Lipinski definition) is 2. The Bertz CT molecular complexity index is 236. The van der Waals surface area contributed by atoms with Crippen LogP contribution in [0.5, 0.6) is 0 Å². The molecule has 2 rings (SSSR count). The molecule has 0 aromatic rings. The second kappa shape index (κ2) is 5.84. The van der Waals surface area contributed by atoms with Crippen molar-refractivity contribution in [1.29, 1.82) is 0 Å². The molecule has 0 aromatic carbocycles. The third-order valence-corrected chi connectivity index (χ3v) is 3.46. The summed E-state index contributed by atoms with van der Waals surface area (Å²) in [6.07, 6.45) is 6.16. The molecule has 1 aliphatic carbocycles. The summed E-state index contributed by atoms with van der Waals surface area (Å²) in [5, 5.41) is 2.92. The van der Waals surface area contributed by atoms with Crippen LogP contribution in [0.3, 0.4) is 0 Å². The fourth-order valence-corrected chi connectivity index (χ4v) is 2.42. The van der Waals surface area contributed by atoms with Crippen molar-refractivity contribution in [3.8, 4) is 0 Å². The summed E-state index contributed by atoms with van der Waals surface area (Å²) in [5.41, 5.74) is 5.44. The van der Waals surface area contributed by atoms with Crippen molar-refractivity contribution in [3.63, 3.8) is 0 Å². The Morgan fingerprint density at radius 3 is 2.62 bits per heavy atom. The van der Waals surface area contributed by atoms with E-state index in [2.05, 4.69) is 5.32 Å². The molecule has 4 nitrogen and oxygen atoms in total. The zero-order valence-electron chi connectivity index (χ0n) is 9.54. The molecule has 2 aliphatic rings. The minimum Gasteiger partial charge on any atom is -0.376 e. The van der Waals surface area contributed by atoms with E-state index in [0.717, 1.165) is 45.1 Å². The third kappa shape index (κ3) is 3.09. The maximum Gasteiger partial charge on any atom is 0.240 e. The highest BCUT2D eigenvalue weighted by Crippen LogP contribution is 2.27. The first-order valence-electron chi connectivity index (χ1n) is 5.89. The van der Waals surface area contributed by atoms with Crippen LogP contribution in [0.1, 0.15) is 38.5 Å². The minimum absolute atomic E-state index is 0. The van der Waals surface area contributed by atoms with Gasteiger partial charge < -0.3 is 15.8 Å². The molecule has 1 unspecified atom stereocenters. The molecule has 2 fully saturated rings. The van der Waals surface area contributed by atoms with Crippen LogP contribution in [0.4, 0.5) is 0 Å². The Labute approximate surface area is 103 Å². The Kier molecular flexibility index (Phi) is 5.02. The SMILES string of the molecule is Cl.NC1(C(=O)NCC2CCCO2)CCCC1. The van der Waals surface area contributed by atoms with Crippen LogP contribution in [0.2, 0.25) is 0 Å². The Morgan fingerprint density at radius 2 is 2.06 bits per heavy atom. The number of amides is 1. The summed E-state index contributed by atoms with van der Waals surface area (Å²) in [5.74, 6) is 0.00972. The molecule has 0 bridgehead atoms. The highest BCUT2D eigenvalue weighted by Gasteiger charge is 2.37. The zero-order chi connectivity index (χ0) is 10.7. The lowest BCUT2D eigenvalue weighted by molar-refractivity contribution is -0.126. The number of ether oxygens (including phenoxy) is 1. The standard InChI is InChI=1S/C11H20N2O2.ClH/c12-11(5-1-2-6-11)10(14)13-8-9-4-3-7-15-9;/h9H,1-8,12H2,(H,13,14);1H. The number of halogens is 1. The van der Waals surface area contributed by atoms with Crippen molar-refractivity contribution in [2.45, 2.75) is 50.2 Å². The predicted molar refractivity (Wildman–Crippen MR) is 64.6 cm³/mol. The second-order valence-corrected chi connectivity index (χ2v) is 4.71. The van der Waals surface area contributed by atoms with Gasteiger partial charge >= 0.3 is 0 Å². The molecule has 1 atom stereocenters. The molecule has 5 heteroatoms. The van der Waals surface area contributed by atoms with E-state index in [-0.39, 0.29) is 24.4 Å². The molecular weight excluding hydrogens is 228 g/mol. The molecule has 0 aromatic heterocycles. The van der Waals surface area contributed by atoms with Gasteiger partial charge in [0.1, 0.15) is 0 Å². The number of rotatable bonds is 3. The summed E-state index contributed by atoms with van der Waals surface area (Å²) in [4.78, 5) is 11.8. The lowest BCUT2D eigenvalue weighted by atomic mass is 9.98. The van der Waals surface area contributed by atoms with Crippen LogP contribution in [0, 0.1) is 0 Å².